The highest BCUT2D eigenvalue weighted by molar-refractivity contribution is 6.29. The molecule has 1 aromatic carbocycles. The van der Waals surface area contributed by atoms with Crippen LogP contribution in [0, 0.1) is 0 Å². The maximum Gasteiger partial charge on any atom is 0.239 e. The largest absolute Gasteiger partial charge is 0.378 e. The third-order valence-electron chi connectivity index (χ3n) is 2.65. The number of halogens is 1. The minimum absolute atomic E-state index is 0.0303. The van der Waals surface area contributed by atoms with Crippen LogP contribution in [0.15, 0.2) is 24.3 Å². The topological polar surface area (TPSA) is 41.6 Å². The van der Waals surface area contributed by atoms with Crippen LogP contribution in [-0.2, 0) is 9.53 Å². The fourth-order valence-electron chi connectivity index (χ4n) is 1.84. The number of ether oxygens (including phenoxy) is 1. The number of carbonyl (C=O) groups excluding carboxylic acids is 1. The average molecular weight is 255 g/mol. The molecule has 0 unspecified atom stereocenters. The van der Waals surface area contributed by atoms with Gasteiger partial charge in [-0.05, 0) is 12.1 Å². The number of hydrogen-bond acceptors (Lipinski definition) is 3. The van der Waals surface area contributed by atoms with Gasteiger partial charge in [0.05, 0.1) is 24.6 Å². The van der Waals surface area contributed by atoms with E-state index in [1.54, 1.807) is 0 Å². The van der Waals surface area contributed by atoms with Gasteiger partial charge in [-0.25, -0.2) is 0 Å². The van der Waals surface area contributed by atoms with Crippen molar-refractivity contribution in [1.82, 2.24) is 0 Å². The highest BCUT2D eigenvalue weighted by Gasteiger charge is 2.15. The Balaban J connectivity index is 2.17. The van der Waals surface area contributed by atoms with Crippen molar-refractivity contribution >= 4 is 28.9 Å². The van der Waals surface area contributed by atoms with E-state index in [1.807, 2.05) is 24.3 Å². The van der Waals surface area contributed by atoms with Gasteiger partial charge in [-0.1, -0.05) is 12.1 Å². The number of carbonyl (C=O) groups is 1. The molecule has 17 heavy (non-hydrogen) atoms. The molecule has 1 aliphatic rings. The van der Waals surface area contributed by atoms with E-state index in [9.17, 15) is 4.79 Å². The molecule has 0 bridgehead atoms. The first-order chi connectivity index (χ1) is 8.31. The van der Waals surface area contributed by atoms with Gasteiger partial charge < -0.3 is 15.0 Å². The Morgan fingerprint density at radius 1 is 1.35 bits per heavy atom. The molecule has 1 heterocycles. The van der Waals surface area contributed by atoms with E-state index < -0.39 is 0 Å². The van der Waals surface area contributed by atoms with E-state index in [2.05, 4.69) is 10.2 Å². The van der Waals surface area contributed by atoms with Crippen molar-refractivity contribution < 1.29 is 9.53 Å². The van der Waals surface area contributed by atoms with Crippen molar-refractivity contribution in [3.63, 3.8) is 0 Å². The van der Waals surface area contributed by atoms with Gasteiger partial charge in [-0.3, -0.25) is 4.79 Å². The number of rotatable bonds is 3. The molecule has 0 aromatic heterocycles. The fraction of sp³-hybridized carbons (Fsp3) is 0.417. The van der Waals surface area contributed by atoms with E-state index >= 15 is 0 Å². The fourth-order valence-corrected chi connectivity index (χ4v) is 1.91. The molecule has 0 radical (unpaired) electrons. The number of hydrogen-bond donors (Lipinski definition) is 1. The lowest BCUT2D eigenvalue weighted by Gasteiger charge is -2.30. The van der Waals surface area contributed by atoms with Gasteiger partial charge in [0.1, 0.15) is 5.88 Å². The second-order valence-corrected chi connectivity index (χ2v) is 4.07. The molecule has 0 atom stereocenters. The quantitative estimate of drug-likeness (QED) is 0.835. The lowest BCUT2D eigenvalue weighted by atomic mass is 10.2. The first-order valence-electron chi connectivity index (χ1n) is 5.59. The van der Waals surface area contributed by atoms with Crippen molar-refractivity contribution in [3.05, 3.63) is 24.3 Å². The van der Waals surface area contributed by atoms with E-state index in [0.29, 0.717) is 0 Å². The van der Waals surface area contributed by atoms with Crippen molar-refractivity contribution in [3.8, 4) is 0 Å². The summed E-state index contributed by atoms with van der Waals surface area (Å²) in [6.07, 6.45) is 0. The molecular weight excluding hydrogens is 240 g/mol. The molecule has 0 aliphatic carbocycles. The zero-order valence-corrected chi connectivity index (χ0v) is 10.2. The molecule has 1 aliphatic heterocycles. The number of benzene rings is 1. The number of nitrogens with zero attached hydrogens (tertiary/aromatic N) is 1. The number of morpholine rings is 1. The van der Waals surface area contributed by atoms with Crippen LogP contribution < -0.4 is 10.2 Å². The van der Waals surface area contributed by atoms with Crippen molar-refractivity contribution in [2.75, 3.05) is 42.4 Å². The first kappa shape index (κ1) is 12.2. The molecule has 1 aromatic rings. The van der Waals surface area contributed by atoms with Crippen molar-refractivity contribution in [1.29, 1.82) is 0 Å². The van der Waals surface area contributed by atoms with Crippen molar-refractivity contribution in [2.24, 2.45) is 0 Å². The van der Waals surface area contributed by atoms with Crippen LogP contribution in [0.3, 0.4) is 0 Å². The number of amides is 1. The predicted octanol–water partition coefficient (Wildman–Crippen LogP) is 1.70. The lowest BCUT2D eigenvalue weighted by molar-refractivity contribution is -0.113. The summed E-state index contributed by atoms with van der Waals surface area (Å²) in [7, 11) is 0. The Hall–Kier alpha value is -1.26. The zero-order valence-electron chi connectivity index (χ0n) is 9.49. The molecular formula is C12H15ClN2O2. The molecule has 92 valence electrons. The standard InChI is InChI=1S/C12H15ClN2O2/c13-9-12(16)14-10-3-1-2-4-11(10)15-5-7-17-8-6-15/h1-4H,5-9H2,(H,14,16). The molecule has 0 spiro atoms. The number of anilines is 2. The van der Waals surface area contributed by atoms with Crippen molar-refractivity contribution in [2.45, 2.75) is 0 Å². The highest BCUT2D eigenvalue weighted by Crippen LogP contribution is 2.26. The molecule has 1 amide bonds. The van der Waals surface area contributed by atoms with E-state index in [0.717, 1.165) is 37.7 Å². The molecule has 1 saturated heterocycles. The van der Waals surface area contributed by atoms with Crippen LogP contribution >= 0.6 is 11.6 Å². The molecule has 5 heteroatoms. The van der Waals surface area contributed by atoms with Crippen LogP contribution in [0.2, 0.25) is 0 Å². The van der Waals surface area contributed by atoms with Gasteiger partial charge in [0, 0.05) is 13.1 Å². The van der Waals surface area contributed by atoms with Gasteiger partial charge >= 0.3 is 0 Å². The maximum absolute atomic E-state index is 11.3. The zero-order chi connectivity index (χ0) is 12.1. The number of nitrogens with one attached hydrogen (secondary N) is 1. The Bertz CT molecular complexity index is 392. The summed E-state index contributed by atoms with van der Waals surface area (Å²) in [5.74, 6) is -0.218. The first-order valence-corrected chi connectivity index (χ1v) is 6.12. The third-order valence-corrected chi connectivity index (χ3v) is 2.89. The Morgan fingerprint density at radius 2 is 2.06 bits per heavy atom. The normalized spacial score (nSPS) is 15.7. The Labute approximate surface area is 106 Å². The van der Waals surface area contributed by atoms with E-state index in [1.165, 1.54) is 0 Å². The number of para-hydroxylation sites is 2. The molecule has 1 N–H and O–H groups in total. The SMILES string of the molecule is O=C(CCl)Nc1ccccc1N1CCOCC1. The van der Waals surface area contributed by atoms with Crippen LogP contribution in [-0.4, -0.2) is 38.1 Å². The summed E-state index contributed by atoms with van der Waals surface area (Å²) in [5.41, 5.74) is 1.83. The minimum Gasteiger partial charge on any atom is -0.378 e. The molecule has 0 saturated carbocycles. The van der Waals surface area contributed by atoms with Gasteiger partial charge in [0.25, 0.3) is 0 Å². The van der Waals surface area contributed by atoms with Gasteiger partial charge in [0.15, 0.2) is 0 Å². The minimum atomic E-state index is -0.188. The van der Waals surface area contributed by atoms with E-state index in [-0.39, 0.29) is 11.8 Å². The molecule has 4 nitrogen and oxygen atoms in total. The maximum atomic E-state index is 11.3. The van der Waals surface area contributed by atoms with Gasteiger partial charge in [-0.2, -0.15) is 0 Å². The number of alkyl halides is 1. The van der Waals surface area contributed by atoms with Gasteiger partial charge in [-0.15, -0.1) is 11.6 Å². The second kappa shape index (κ2) is 5.89. The smallest absolute Gasteiger partial charge is 0.239 e. The van der Waals surface area contributed by atoms with Crippen LogP contribution in [0.5, 0.6) is 0 Å². The lowest BCUT2D eigenvalue weighted by Crippen LogP contribution is -2.36. The second-order valence-electron chi connectivity index (χ2n) is 3.80. The third kappa shape index (κ3) is 3.11. The summed E-state index contributed by atoms with van der Waals surface area (Å²) in [5, 5.41) is 2.80. The van der Waals surface area contributed by atoms with Crippen LogP contribution in [0.25, 0.3) is 0 Å². The van der Waals surface area contributed by atoms with E-state index in [4.69, 9.17) is 16.3 Å². The highest BCUT2D eigenvalue weighted by atomic mass is 35.5. The summed E-state index contributed by atoms with van der Waals surface area (Å²) in [6.45, 7) is 3.12. The predicted molar refractivity (Wildman–Crippen MR) is 68.8 cm³/mol. The summed E-state index contributed by atoms with van der Waals surface area (Å²) in [6, 6.07) is 7.74. The molecule has 2 rings (SSSR count). The van der Waals surface area contributed by atoms with Crippen LogP contribution in [0.1, 0.15) is 0 Å². The monoisotopic (exact) mass is 254 g/mol. The van der Waals surface area contributed by atoms with Gasteiger partial charge in [0.2, 0.25) is 5.91 Å². The summed E-state index contributed by atoms with van der Waals surface area (Å²) < 4.78 is 5.31. The Morgan fingerprint density at radius 3 is 2.76 bits per heavy atom. The summed E-state index contributed by atoms with van der Waals surface area (Å²) in [4.78, 5) is 13.5. The summed E-state index contributed by atoms with van der Waals surface area (Å²) >= 11 is 5.49. The average Bonchev–Trinajstić information content (AvgIpc) is 2.40. The molecule has 1 fully saturated rings. The Kier molecular flexibility index (Phi) is 4.23. The van der Waals surface area contributed by atoms with Crippen LogP contribution in [0.4, 0.5) is 11.4 Å².